The fourth-order valence-electron chi connectivity index (χ4n) is 3.48. The predicted molar refractivity (Wildman–Crippen MR) is 123 cm³/mol. The van der Waals surface area contributed by atoms with Crippen LogP contribution in [0.1, 0.15) is 16.7 Å². The molecular weight excluding hydrogens is 442 g/mol. The minimum atomic E-state index is -4.02. The molecule has 3 aromatic carbocycles. The van der Waals surface area contributed by atoms with Gasteiger partial charge in [-0.15, -0.1) is 10.2 Å². The molecule has 0 saturated carbocycles. The highest BCUT2D eigenvalue weighted by Crippen LogP contribution is 2.30. The van der Waals surface area contributed by atoms with Crippen molar-refractivity contribution in [3.05, 3.63) is 83.4 Å². The van der Waals surface area contributed by atoms with Gasteiger partial charge in [0.25, 0.3) is 0 Å². The highest BCUT2D eigenvalue weighted by Gasteiger charge is 2.22. The maximum atomic E-state index is 12.3. The number of methoxy groups -OCH3 is 2. The Labute approximate surface area is 191 Å². The smallest absolute Gasteiger partial charge is 0.238 e. The summed E-state index contributed by atoms with van der Waals surface area (Å²) in [6.07, 6.45) is 0.454. The molecule has 0 aliphatic rings. The number of hydrogen-bond acceptors (Lipinski definition) is 7. The standard InChI is InChI=1S/C23H23N5O4S/c1-31-19-10-6-16(7-11-19)14-18-4-3-5-21(33(24,29)30)22(18)23-25-27-28(26-23)15-17-8-12-20(32-2)13-9-17/h3-13H,14-15H2,1-2H3,(H2,24,29,30). The zero-order chi connectivity index (χ0) is 23.4. The lowest BCUT2D eigenvalue weighted by Crippen LogP contribution is -2.15. The van der Waals surface area contributed by atoms with Gasteiger partial charge in [0.1, 0.15) is 11.5 Å². The number of sulfonamides is 1. The third-order valence-electron chi connectivity index (χ3n) is 5.13. The first-order chi connectivity index (χ1) is 15.9. The Bertz CT molecular complexity index is 1350. The Hall–Kier alpha value is -3.76. The molecule has 0 spiro atoms. The predicted octanol–water partition coefficient (Wildman–Crippen LogP) is 2.64. The summed E-state index contributed by atoms with van der Waals surface area (Å²) in [7, 11) is -0.811. The van der Waals surface area contributed by atoms with Crippen LogP contribution in [-0.4, -0.2) is 42.8 Å². The van der Waals surface area contributed by atoms with Gasteiger partial charge >= 0.3 is 0 Å². The number of rotatable bonds is 8. The molecular formula is C23H23N5O4S. The van der Waals surface area contributed by atoms with E-state index in [9.17, 15) is 8.42 Å². The fourth-order valence-corrected chi connectivity index (χ4v) is 4.26. The molecule has 0 unspecified atom stereocenters. The molecule has 1 heterocycles. The second-order valence-corrected chi connectivity index (χ2v) is 8.88. The molecule has 0 atom stereocenters. The maximum Gasteiger partial charge on any atom is 0.238 e. The number of primary sulfonamides is 1. The topological polar surface area (TPSA) is 122 Å². The highest BCUT2D eigenvalue weighted by atomic mass is 32.2. The van der Waals surface area contributed by atoms with Gasteiger partial charge in [-0.1, -0.05) is 36.4 Å². The summed E-state index contributed by atoms with van der Waals surface area (Å²) in [5.74, 6) is 1.67. The number of hydrogen-bond donors (Lipinski definition) is 1. The maximum absolute atomic E-state index is 12.3. The highest BCUT2D eigenvalue weighted by molar-refractivity contribution is 7.89. The van der Waals surface area contributed by atoms with Gasteiger partial charge in [-0.2, -0.15) is 4.80 Å². The van der Waals surface area contributed by atoms with Crippen molar-refractivity contribution in [3.8, 4) is 22.9 Å². The van der Waals surface area contributed by atoms with Crippen molar-refractivity contribution in [1.82, 2.24) is 20.2 Å². The van der Waals surface area contributed by atoms with Gasteiger partial charge in [0.2, 0.25) is 15.8 Å². The molecule has 2 N–H and O–H groups in total. The van der Waals surface area contributed by atoms with Crippen molar-refractivity contribution in [2.24, 2.45) is 5.14 Å². The lowest BCUT2D eigenvalue weighted by Gasteiger charge is -2.11. The van der Waals surface area contributed by atoms with E-state index in [-0.39, 0.29) is 10.7 Å². The number of nitrogens with two attached hydrogens (primary N) is 1. The number of benzene rings is 3. The quantitative estimate of drug-likeness (QED) is 0.424. The average molecular weight is 466 g/mol. The van der Waals surface area contributed by atoms with Crippen LogP contribution in [0.2, 0.25) is 0 Å². The average Bonchev–Trinajstić information content (AvgIpc) is 3.27. The van der Waals surface area contributed by atoms with E-state index in [1.54, 1.807) is 20.3 Å². The van der Waals surface area contributed by atoms with Crippen molar-refractivity contribution in [3.63, 3.8) is 0 Å². The Kier molecular flexibility index (Phi) is 6.38. The molecule has 0 aliphatic heterocycles. The van der Waals surface area contributed by atoms with Gasteiger partial charge in [0.05, 0.1) is 25.7 Å². The molecule has 4 rings (SSSR count). The van der Waals surface area contributed by atoms with Crippen LogP contribution in [0, 0.1) is 0 Å². The molecule has 0 bridgehead atoms. The van der Waals surface area contributed by atoms with Gasteiger partial charge in [-0.05, 0) is 58.7 Å². The molecule has 0 fully saturated rings. The van der Waals surface area contributed by atoms with Crippen molar-refractivity contribution in [2.75, 3.05) is 14.2 Å². The summed E-state index contributed by atoms with van der Waals surface area (Å²) in [4.78, 5) is 1.37. The molecule has 0 amide bonds. The van der Waals surface area contributed by atoms with Gasteiger partial charge in [0, 0.05) is 5.56 Å². The van der Waals surface area contributed by atoms with Gasteiger partial charge in [0.15, 0.2) is 0 Å². The monoisotopic (exact) mass is 465 g/mol. The van der Waals surface area contributed by atoms with Crippen LogP contribution in [-0.2, 0) is 23.0 Å². The van der Waals surface area contributed by atoms with Gasteiger partial charge < -0.3 is 9.47 Å². The Morgan fingerprint density at radius 2 is 1.48 bits per heavy atom. The zero-order valence-corrected chi connectivity index (χ0v) is 19.0. The van der Waals surface area contributed by atoms with E-state index in [0.29, 0.717) is 18.5 Å². The van der Waals surface area contributed by atoms with Gasteiger partial charge in [-0.3, -0.25) is 0 Å². The summed E-state index contributed by atoms with van der Waals surface area (Å²) < 4.78 is 35.1. The molecule has 0 radical (unpaired) electrons. The van der Waals surface area contributed by atoms with E-state index in [1.165, 1.54) is 10.9 Å². The first-order valence-corrected chi connectivity index (χ1v) is 11.6. The van der Waals surface area contributed by atoms with E-state index in [1.807, 2.05) is 54.6 Å². The SMILES string of the molecule is COc1ccc(Cc2cccc(S(N)(=O)=O)c2-c2nnn(Cc3ccc(OC)cc3)n2)cc1. The summed E-state index contributed by atoms with van der Waals surface area (Å²) in [5.41, 5.74) is 2.97. The summed E-state index contributed by atoms with van der Waals surface area (Å²) in [6.45, 7) is 0.363. The summed E-state index contributed by atoms with van der Waals surface area (Å²) in [5, 5.41) is 18.2. The summed E-state index contributed by atoms with van der Waals surface area (Å²) >= 11 is 0. The fraction of sp³-hybridized carbons (Fsp3) is 0.174. The van der Waals surface area contributed by atoms with E-state index < -0.39 is 10.0 Å². The van der Waals surface area contributed by atoms with Crippen LogP contribution in [0.4, 0.5) is 0 Å². The van der Waals surface area contributed by atoms with Crippen molar-refractivity contribution in [1.29, 1.82) is 0 Å². The molecule has 9 nitrogen and oxygen atoms in total. The van der Waals surface area contributed by atoms with E-state index in [0.717, 1.165) is 28.2 Å². The number of ether oxygens (including phenoxy) is 2. The van der Waals surface area contributed by atoms with Crippen LogP contribution in [0.15, 0.2) is 71.6 Å². The van der Waals surface area contributed by atoms with E-state index >= 15 is 0 Å². The third-order valence-corrected chi connectivity index (χ3v) is 6.09. The van der Waals surface area contributed by atoms with Crippen LogP contribution in [0.5, 0.6) is 11.5 Å². The zero-order valence-electron chi connectivity index (χ0n) is 18.2. The largest absolute Gasteiger partial charge is 0.497 e. The molecule has 0 aliphatic carbocycles. The molecule has 33 heavy (non-hydrogen) atoms. The molecule has 4 aromatic rings. The Balaban J connectivity index is 1.70. The van der Waals surface area contributed by atoms with Gasteiger partial charge in [-0.25, -0.2) is 13.6 Å². The molecule has 1 aromatic heterocycles. The van der Waals surface area contributed by atoms with E-state index in [2.05, 4.69) is 15.4 Å². The second-order valence-electron chi connectivity index (χ2n) is 7.35. The minimum Gasteiger partial charge on any atom is -0.497 e. The van der Waals surface area contributed by atoms with Crippen LogP contribution in [0.25, 0.3) is 11.4 Å². The first kappa shape index (κ1) is 22.4. The normalized spacial score (nSPS) is 11.4. The molecule has 0 saturated heterocycles. The van der Waals surface area contributed by atoms with Crippen molar-refractivity contribution in [2.45, 2.75) is 17.9 Å². The number of tetrazole rings is 1. The minimum absolute atomic E-state index is 0.0440. The Morgan fingerprint density at radius 1 is 0.879 bits per heavy atom. The number of aromatic nitrogens is 4. The summed E-state index contributed by atoms with van der Waals surface area (Å²) in [6, 6.07) is 20.0. The lowest BCUT2D eigenvalue weighted by molar-refractivity contribution is 0.414. The second kappa shape index (κ2) is 9.39. The van der Waals surface area contributed by atoms with Crippen molar-refractivity contribution < 1.29 is 17.9 Å². The van der Waals surface area contributed by atoms with Crippen LogP contribution in [0.3, 0.4) is 0 Å². The van der Waals surface area contributed by atoms with Crippen molar-refractivity contribution >= 4 is 10.0 Å². The third kappa shape index (κ3) is 5.18. The molecule has 10 heteroatoms. The first-order valence-electron chi connectivity index (χ1n) is 10.1. The van der Waals surface area contributed by atoms with Crippen LogP contribution < -0.4 is 14.6 Å². The lowest BCUT2D eigenvalue weighted by atomic mass is 9.99. The Morgan fingerprint density at radius 3 is 2.06 bits per heavy atom. The molecule has 170 valence electrons. The number of nitrogens with zero attached hydrogens (tertiary/aromatic N) is 4. The van der Waals surface area contributed by atoms with E-state index in [4.69, 9.17) is 14.6 Å². The van der Waals surface area contributed by atoms with Crippen LogP contribution >= 0.6 is 0 Å².